The highest BCUT2D eigenvalue weighted by atomic mass is 16.5. The van der Waals surface area contributed by atoms with Crippen molar-refractivity contribution in [1.82, 2.24) is 10.3 Å². The topological polar surface area (TPSA) is 119 Å². The molecular formula is C23H17N3O6. The van der Waals surface area contributed by atoms with Crippen LogP contribution >= 0.6 is 0 Å². The van der Waals surface area contributed by atoms with Gasteiger partial charge in [0.15, 0.2) is 0 Å². The number of pyridine rings is 1. The highest BCUT2D eigenvalue weighted by molar-refractivity contribution is 6.39. The molecule has 0 spiro atoms. The SMILES string of the molecule is CCOC(=O)c1ccc(-c2ccc(/C=C3\C(=O)NC(=O)N(c4cccnc4)C3=O)o2)cc1. The Hall–Kier alpha value is -4.53. The number of carbonyl (C=O) groups is 4. The van der Waals surface area contributed by atoms with E-state index in [4.69, 9.17) is 9.15 Å². The number of furan rings is 1. The van der Waals surface area contributed by atoms with E-state index in [1.165, 1.54) is 24.5 Å². The number of aromatic nitrogens is 1. The largest absolute Gasteiger partial charge is 0.462 e. The van der Waals surface area contributed by atoms with Crippen LogP contribution in [0.25, 0.3) is 17.4 Å². The van der Waals surface area contributed by atoms with E-state index in [1.807, 2.05) is 0 Å². The fourth-order valence-electron chi connectivity index (χ4n) is 3.09. The third kappa shape index (κ3) is 4.04. The molecule has 0 atom stereocenters. The Morgan fingerprint density at radius 1 is 1.12 bits per heavy atom. The van der Waals surface area contributed by atoms with Crippen molar-refractivity contribution in [1.29, 1.82) is 0 Å². The Morgan fingerprint density at radius 2 is 1.91 bits per heavy atom. The summed E-state index contributed by atoms with van der Waals surface area (Å²) in [6.45, 7) is 2.02. The molecule has 160 valence electrons. The van der Waals surface area contributed by atoms with Gasteiger partial charge in [-0.15, -0.1) is 0 Å². The van der Waals surface area contributed by atoms with Crippen LogP contribution in [0, 0.1) is 0 Å². The van der Waals surface area contributed by atoms with E-state index >= 15 is 0 Å². The van der Waals surface area contributed by atoms with Gasteiger partial charge in [0.1, 0.15) is 17.1 Å². The molecular weight excluding hydrogens is 414 g/mol. The quantitative estimate of drug-likeness (QED) is 0.374. The Morgan fingerprint density at radius 3 is 2.59 bits per heavy atom. The molecule has 1 fully saturated rings. The second-order valence-corrected chi connectivity index (χ2v) is 6.67. The Kier molecular flexibility index (Phi) is 5.63. The molecule has 0 bridgehead atoms. The summed E-state index contributed by atoms with van der Waals surface area (Å²) in [7, 11) is 0. The van der Waals surface area contributed by atoms with Crippen molar-refractivity contribution >= 4 is 35.6 Å². The summed E-state index contributed by atoms with van der Waals surface area (Å²) < 4.78 is 10.7. The zero-order valence-corrected chi connectivity index (χ0v) is 16.9. The fraction of sp³-hybridized carbons (Fsp3) is 0.0870. The van der Waals surface area contributed by atoms with Crippen LogP contribution in [0.15, 0.2) is 70.9 Å². The molecule has 0 radical (unpaired) electrons. The molecule has 1 aliphatic rings. The minimum atomic E-state index is -0.855. The lowest BCUT2D eigenvalue weighted by Gasteiger charge is -2.25. The third-order valence-electron chi connectivity index (χ3n) is 4.60. The van der Waals surface area contributed by atoms with Crippen molar-refractivity contribution in [3.05, 3.63) is 77.8 Å². The summed E-state index contributed by atoms with van der Waals surface area (Å²) >= 11 is 0. The molecule has 4 amide bonds. The van der Waals surface area contributed by atoms with Crippen LogP contribution in [0.1, 0.15) is 23.0 Å². The molecule has 0 saturated carbocycles. The molecule has 3 heterocycles. The van der Waals surface area contributed by atoms with Gasteiger partial charge < -0.3 is 9.15 Å². The molecule has 32 heavy (non-hydrogen) atoms. The first kappa shape index (κ1) is 20.7. The number of ether oxygens (including phenoxy) is 1. The molecule has 3 aromatic rings. The van der Waals surface area contributed by atoms with Crippen molar-refractivity contribution in [3.8, 4) is 11.3 Å². The number of urea groups is 1. The summed E-state index contributed by atoms with van der Waals surface area (Å²) in [6, 6.07) is 12.1. The number of hydrogen-bond donors (Lipinski definition) is 1. The number of esters is 1. The maximum absolute atomic E-state index is 12.8. The fourth-order valence-corrected chi connectivity index (χ4v) is 3.09. The zero-order chi connectivity index (χ0) is 22.7. The third-order valence-corrected chi connectivity index (χ3v) is 4.60. The van der Waals surface area contributed by atoms with Gasteiger partial charge in [0.2, 0.25) is 0 Å². The number of carbonyl (C=O) groups excluding carboxylic acids is 4. The molecule has 1 saturated heterocycles. The van der Waals surface area contributed by atoms with E-state index < -0.39 is 23.8 Å². The molecule has 1 aliphatic heterocycles. The number of amides is 4. The number of imide groups is 2. The lowest BCUT2D eigenvalue weighted by molar-refractivity contribution is -0.122. The first-order chi connectivity index (χ1) is 15.5. The molecule has 9 nitrogen and oxygen atoms in total. The number of anilines is 1. The maximum atomic E-state index is 12.8. The van der Waals surface area contributed by atoms with Gasteiger partial charge in [0, 0.05) is 11.8 Å². The van der Waals surface area contributed by atoms with Gasteiger partial charge in [-0.2, -0.15) is 0 Å². The van der Waals surface area contributed by atoms with E-state index in [0.29, 0.717) is 16.9 Å². The van der Waals surface area contributed by atoms with Crippen LogP contribution in [-0.2, 0) is 14.3 Å². The Bertz CT molecular complexity index is 1230. The predicted octanol–water partition coefficient (Wildman–Crippen LogP) is 3.18. The lowest BCUT2D eigenvalue weighted by Crippen LogP contribution is -2.54. The van der Waals surface area contributed by atoms with Crippen LogP contribution in [0.4, 0.5) is 10.5 Å². The van der Waals surface area contributed by atoms with E-state index in [1.54, 1.807) is 49.4 Å². The highest BCUT2D eigenvalue weighted by Gasteiger charge is 2.37. The van der Waals surface area contributed by atoms with Crippen molar-refractivity contribution in [2.45, 2.75) is 6.92 Å². The van der Waals surface area contributed by atoms with Gasteiger partial charge in [-0.05, 0) is 49.4 Å². The molecule has 0 unspecified atom stereocenters. The average Bonchev–Trinajstić information content (AvgIpc) is 3.26. The summed E-state index contributed by atoms with van der Waals surface area (Å²) in [5.74, 6) is -1.32. The van der Waals surface area contributed by atoms with E-state index in [0.717, 1.165) is 4.90 Å². The first-order valence-electron chi connectivity index (χ1n) is 9.67. The summed E-state index contributed by atoms with van der Waals surface area (Å²) in [5, 5.41) is 2.14. The normalized spacial score (nSPS) is 15.1. The van der Waals surface area contributed by atoms with Crippen LogP contribution < -0.4 is 10.2 Å². The van der Waals surface area contributed by atoms with Crippen LogP contribution in [0.5, 0.6) is 0 Å². The summed E-state index contributed by atoms with van der Waals surface area (Å²) in [6.07, 6.45) is 4.11. The van der Waals surface area contributed by atoms with Gasteiger partial charge >= 0.3 is 12.0 Å². The number of nitrogens with zero attached hydrogens (tertiary/aromatic N) is 2. The number of benzene rings is 1. The summed E-state index contributed by atoms with van der Waals surface area (Å²) in [5.41, 5.74) is 1.07. The van der Waals surface area contributed by atoms with Gasteiger partial charge in [-0.3, -0.25) is 19.9 Å². The Balaban J connectivity index is 1.59. The minimum absolute atomic E-state index is 0.232. The van der Waals surface area contributed by atoms with Crippen molar-refractivity contribution in [2.75, 3.05) is 11.5 Å². The van der Waals surface area contributed by atoms with Crippen LogP contribution in [0.3, 0.4) is 0 Å². The van der Waals surface area contributed by atoms with Gasteiger partial charge in [-0.1, -0.05) is 12.1 Å². The van der Waals surface area contributed by atoms with Crippen LogP contribution in [0.2, 0.25) is 0 Å². The monoisotopic (exact) mass is 431 g/mol. The van der Waals surface area contributed by atoms with Crippen LogP contribution in [-0.4, -0.2) is 35.4 Å². The zero-order valence-electron chi connectivity index (χ0n) is 16.9. The molecule has 9 heteroatoms. The molecule has 0 aliphatic carbocycles. The lowest BCUT2D eigenvalue weighted by atomic mass is 10.1. The second kappa shape index (κ2) is 8.68. The standard InChI is InChI=1S/C23H17N3O6/c1-2-31-22(29)15-7-5-14(6-8-15)19-10-9-17(32-19)12-18-20(27)25-23(30)26(21(18)28)16-4-3-11-24-13-16/h3-13H,2H2,1H3,(H,25,27,30)/b18-12+. The van der Waals surface area contributed by atoms with Gasteiger partial charge in [0.05, 0.1) is 24.1 Å². The van der Waals surface area contributed by atoms with Crippen molar-refractivity contribution in [3.63, 3.8) is 0 Å². The minimum Gasteiger partial charge on any atom is -0.462 e. The number of nitrogens with one attached hydrogen (secondary N) is 1. The van der Waals surface area contributed by atoms with E-state index in [-0.39, 0.29) is 23.6 Å². The second-order valence-electron chi connectivity index (χ2n) is 6.67. The van der Waals surface area contributed by atoms with E-state index in [9.17, 15) is 19.2 Å². The average molecular weight is 431 g/mol. The van der Waals surface area contributed by atoms with Gasteiger partial charge in [-0.25, -0.2) is 14.5 Å². The van der Waals surface area contributed by atoms with Crippen molar-refractivity contribution < 1.29 is 28.3 Å². The summed E-state index contributed by atoms with van der Waals surface area (Å²) in [4.78, 5) is 53.8. The molecule has 2 aromatic heterocycles. The molecule has 4 rings (SSSR count). The molecule has 1 N–H and O–H groups in total. The molecule has 1 aromatic carbocycles. The van der Waals surface area contributed by atoms with Crippen molar-refractivity contribution in [2.24, 2.45) is 0 Å². The highest BCUT2D eigenvalue weighted by Crippen LogP contribution is 2.26. The van der Waals surface area contributed by atoms with E-state index in [2.05, 4.69) is 10.3 Å². The Labute approximate surface area is 182 Å². The number of barbiturate groups is 1. The first-order valence-corrected chi connectivity index (χ1v) is 9.67. The predicted molar refractivity (Wildman–Crippen MR) is 113 cm³/mol. The maximum Gasteiger partial charge on any atom is 0.338 e. The smallest absolute Gasteiger partial charge is 0.338 e. The number of hydrogen-bond acceptors (Lipinski definition) is 7. The number of rotatable bonds is 5. The van der Waals surface area contributed by atoms with Gasteiger partial charge in [0.25, 0.3) is 11.8 Å².